The number of amides is 1. The lowest BCUT2D eigenvalue weighted by molar-refractivity contribution is -0.141. The van der Waals surface area contributed by atoms with Gasteiger partial charge in [-0.05, 0) is 24.3 Å². The van der Waals surface area contributed by atoms with Crippen molar-refractivity contribution in [3.63, 3.8) is 0 Å². The smallest absolute Gasteiger partial charge is 0.433 e. The molecule has 0 bridgehead atoms. The number of hydrogen-bond acceptors (Lipinski definition) is 5. The Bertz CT molecular complexity index is 864. The lowest BCUT2D eigenvalue weighted by atomic mass is 10.1. The molecule has 0 unspecified atom stereocenters. The van der Waals surface area contributed by atoms with Crippen LogP contribution >= 0.6 is 0 Å². The van der Waals surface area contributed by atoms with E-state index >= 15 is 0 Å². The van der Waals surface area contributed by atoms with Gasteiger partial charge in [-0.3, -0.25) is 4.79 Å². The highest BCUT2D eigenvalue weighted by Gasteiger charge is 2.33. The molecular formula is C17H15F3N4O3. The van der Waals surface area contributed by atoms with E-state index in [9.17, 15) is 22.8 Å². The van der Waals surface area contributed by atoms with Crippen molar-refractivity contribution in [1.29, 1.82) is 0 Å². The van der Waals surface area contributed by atoms with E-state index in [1.807, 2.05) is 0 Å². The average molecular weight is 380 g/mol. The first kappa shape index (κ1) is 18.6. The summed E-state index contributed by atoms with van der Waals surface area (Å²) in [5, 5.41) is 9.02. The summed E-state index contributed by atoms with van der Waals surface area (Å²) in [6.07, 6.45) is -3.50. The number of carboxylic acid groups (broad SMARTS) is 1. The molecular weight excluding hydrogens is 365 g/mol. The summed E-state index contributed by atoms with van der Waals surface area (Å²) >= 11 is 0. The van der Waals surface area contributed by atoms with E-state index < -0.39 is 17.8 Å². The van der Waals surface area contributed by atoms with Gasteiger partial charge in [-0.2, -0.15) is 13.2 Å². The van der Waals surface area contributed by atoms with Crippen LogP contribution in [0.1, 0.15) is 26.4 Å². The second-order valence-electron chi connectivity index (χ2n) is 5.90. The maximum absolute atomic E-state index is 12.8. The van der Waals surface area contributed by atoms with Crippen LogP contribution in [0.4, 0.5) is 19.1 Å². The van der Waals surface area contributed by atoms with Gasteiger partial charge < -0.3 is 14.9 Å². The summed E-state index contributed by atoms with van der Waals surface area (Å²) < 4.78 is 38.3. The normalized spacial score (nSPS) is 14.9. The standard InChI is InChI=1S/C17H15F3N4O3/c18-17(19,20)13-4-5-21-16(22-13)24-8-6-23(7-9-24)14(25)11-2-1-3-12(10-11)15(26)27/h1-5,10H,6-9H2,(H,26,27). The molecule has 2 heterocycles. The van der Waals surface area contributed by atoms with Gasteiger partial charge in [-0.15, -0.1) is 0 Å². The minimum absolute atomic E-state index is 0.0110. The molecule has 1 aliphatic rings. The van der Waals surface area contributed by atoms with E-state index in [4.69, 9.17) is 5.11 Å². The van der Waals surface area contributed by atoms with E-state index in [0.717, 1.165) is 12.3 Å². The zero-order chi connectivity index (χ0) is 19.6. The first-order chi connectivity index (χ1) is 12.8. The summed E-state index contributed by atoms with van der Waals surface area (Å²) in [6, 6.07) is 6.51. The minimum atomic E-state index is -4.55. The highest BCUT2D eigenvalue weighted by atomic mass is 19.4. The highest BCUT2D eigenvalue weighted by Crippen LogP contribution is 2.28. The summed E-state index contributed by atoms with van der Waals surface area (Å²) in [5.74, 6) is -1.50. The maximum atomic E-state index is 12.8. The number of anilines is 1. The predicted octanol–water partition coefficient (Wildman–Crippen LogP) is 2.16. The minimum Gasteiger partial charge on any atom is -0.478 e. The summed E-state index contributed by atoms with van der Waals surface area (Å²) in [7, 11) is 0. The van der Waals surface area contributed by atoms with Crippen molar-refractivity contribution in [2.75, 3.05) is 31.1 Å². The molecule has 0 spiro atoms. The topological polar surface area (TPSA) is 86.6 Å². The van der Waals surface area contributed by atoms with Gasteiger partial charge in [0.2, 0.25) is 5.95 Å². The molecule has 7 nitrogen and oxygen atoms in total. The number of carbonyl (C=O) groups excluding carboxylic acids is 1. The molecule has 2 aromatic rings. The van der Waals surface area contributed by atoms with Crippen LogP contribution in [0.3, 0.4) is 0 Å². The van der Waals surface area contributed by atoms with Crippen molar-refractivity contribution < 1.29 is 27.9 Å². The second kappa shape index (κ2) is 7.22. The molecule has 1 N–H and O–H groups in total. The van der Waals surface area contributed by atoms with Gasteiger partial charge >= 0.3 is 12.1 Å². The van der Waals surface area contributed by atoms with E-state index in [1.165, 1.54) is 29.2 Å². The quantitative estimate of drug-likeness (QED) is 0.878. The third kappa shape index (κ3) is 4.15. The third-order valence-corrected chi connectivity index (χ3v) is 4.14. The van der Waals surface area contributed by atoms with Crippen LogP contribution in [-0.2, 0) is 6.18 Å². The first-order valence-corrected chi connectivity index (χ1v) is 8.03. The van der Waals surface area contributed by atoms with Crippen molar-refractivity contribution in [3.05, 3.63) is 53.3 Å². The number of halogens is 3. The van der Waals surface area contributed by atoms with Crippen molar-refractivity contribution in [2.45, 2.75) is 6.18 Å². The van der Waals surface area contributed by atoms with Crippen molar-refractivity contribution >= 4 is 17.8 Å². The Morgan fingerprint density at radius 3 is 2.33 bits per heavy atom. The molecule has 1 fully saturated rings. The maximum Gasteiger partial charge on any atom is 0.433 e. The van der Waals surface area contributed by atoms with Gasteiger partial charge in [0.05, 0.1) is 5.56 Å². The Hall–Kier alpha value is -3.17. The molecule has 0 atom stereocenters. The van der Waals surface area contributed by atoms with Gasteiger partial charge in [-0.1, -0.05) is 6.07 Å². The molecule has 1 aliphatic heterocycles. The number of piperazine rings is 1. The van der Waals surface area contributed by atoms with Gasteiger partial charge in [0.15, 0.2) is 0 Å². The number of benzene rings is 1. The number of nitrogens with zero attached hydrogens (tertiary/aromatic N) is 4. The lowest BCUT2D eigenvalue weighted by Crippen LogP contribution is -2.49. The fourth-order valence-corrected chi connectivity index (χ4v) is 2.74. The molecule has 1 aromatic heterocycles. The second-order valence-corrected chi connectivity index (χ2v) is 5.90. The Morgan fingerprint density at radius 1 is 1.04 bits per heavy atom. The highest BCUT2D eigenvalue weighted by molar-refractivity contribution is 5.97. The number of carboxylic acids is 1. The molecule has 0 aliphatic carbocycles. The molecule has 1 amide bonds. The number of hydrogen-bond donors (Lipinski definition) is 1. The van der Waals surface area contributed by atoms with Gasteiger partial charge in [0, 0.05) is 37.9 Å². The molecule has 0 saturated carbocycles. The number of alkyl halides is 3. The zero-order valence-corrected chi connectivity index (χ0v) is 14.0. The van der Waals surface area contributed by atoms with E-state index in [-0.39, 0.29) is 49.2 Å². The largest absolute Gasteiger partial charge is 0.478 e. The molecule has 1 aromatic carbocycles. The van der Waals surface area contributed by atoms with Gasteiger partial charge in [-0.25, -0.2) is 14.8 Å². The summed E-state index contributed by atoms with van der Waals surface area (Å²) in [5.41, 5.74) is -0.757. The van der Waals surface area contributed by atoms with Crippen LogP contribution in [0, 0.1) is 0 Å². The van der Waals surface area contributed by atoms with Crippen molar-refractivity contribution in [1.82, 2.24) is 14.9 Å². The Balaban J connectivity index is 1.68. The van der Waals surface area contributed by atoms with Gasteiger partial charge in [0.1, 0.15) is 5.69 Å². The Labute approximate surface area is 152 Å². The molecule has 3 rings (SSSR count). The Kier molecular flexibility index (Phi) is 4.98. The fraction of sp³-hybridized carbons (Fsp3) is 0.294. The van der Waals surface area contributed by atoms with Gasteiger partial charge in [0.25, 0.3) is 5.91 Å². The van der Waals surface area contributed by atoms with E-state index in [2.05, 4.69) is 9.97 Å². The molecule has 142 valence electrons. The van der Waals surface area contributed by atoms with E-state index in [1.54, 1.807) is 4.90 Å². The molecule has 0 radical (unpaired) electrons. The number of rotatable bonds is 3. The van der Waals surface area contributed by atoms with Crippen LogP contribution in [0.2, 0.25) is 0 Å². The molecule has 1 saturated heterocycles. The van der Waals surface area contributed by atoms with Crippen molar-refractivity contribution in [3.8, 4) is 0 Å². The number of aromatic nitrogens is 2. The summed E-state index contributed by atoms with van der Waals surface area (Å²) in [6.45, 7) is 1.06. The number of carbonyl (C=O) groups is 2. The lowest BCUT2D eigenvalue weighted by Gasteiger charge is -2.34. The van der Waals surface area contributed by atoms with Crippen molar-refractivity contribution in [2.24, 2.45) is 0 Å². The summed E-state index contributed by atoms with van der Waals surface area (Å²) in [4.78, 5) is 34.1. The molecule has 27 heavy (non-hydrogen) atoms. The fourth-order valence-electron chi connectivity index (χ4n) is 2.74. The monoisotopic (exact) mass is 380 g/mol. The van der Waals surface area contributed by atoms with Crippen LogP contribution in [0.15, 0.2) is 36.5 Å². The van der Waals surface area contributed by atoms with Crippen LogP contribution in [0.25, 0.3) is 0 Å². The number of aromatic carboxylic acids is 1. The average Bonchev–Trinajstić information content (AvgIpc) is 2.67. The Morgan fingerprint density at radius 2 is 1.70 bits per heavy atom. The van der Waals surface area contributed by atoms with E-state index in [0.29, 0.717) is 0 Å². The van der Waals surface area contributed by atoms with Crippen LogP contribution in [-0.4, -0.2) is 58.0 Å². The molecule has 10 heteroatoms. The zero-order valence-electron chi connectivity index (χ0n) is 14.0. The third-order valence-electron chi connectivity index (χ3n) is 4.14. The SMILES string of the molecule is O=C(O)c1cccc(C(=O)N2CCN(c3nccc(C(F)(F)F)n3)CC2)c1. The predicted molar refractivity (Wildman–Crippen MR) is 88.6 cm³/mol. The first-order valence-electron chi connectivity index (χ1n) is 8.03. The van der Waals surface area contributed by atoms with Crippen LogP contribution in [0.5, 0.6) is 0 Å². The van der Waals surface area contributed by atoms with Crippen LogP contribution < -0.4 is 4.90 Å².